The van der Waals surface area contributed by atoms with E-state index >= 15 is 0 Å². The zero-order chi connectivity index (χ0) is 13.1. The van der Waals surface area contributed by atoms with Crippen LogP contribution in [0, 0.1) is 11.7 Å². The normalized spacial score (nSPS) is 11.6. The van der Waals surface area contributed by atoms with E-state index < -0.39 is 0 Å². The van der Waals surface area contributed by atoms with Gasteiger partial charge in [-0.1, -0.05) is 32.8 Å². The van der Waals surface area contributed by atoms with Gasteiger partial charge in [0, 0.05) is 6.54 Å². The van der Waals surface area contributed by atoms with E-state index in [-0.39, 0.29) is 5.82 Å². The first-order valence-corrected chi connectivity index (χ1v) is 6.50. The molecule has 3 nitrogen and oxygen atoms in total. The molecule has 0 spiro atoms. The molecule has 0 saturated heterocycles. The van der Waals surface area contributed by atoms with Crippen molar-refractivity contribution in [2.45, 2.75) is 39.7 Å². The van der Waals surface area contributed by atoms with Crippen LogP contribution in [0.5, 0.6) is 0 Å². The van der Waals surface area contributed by atoms with E-state index in [1.165, 1.54) is 12.5 Å². The third kappa shape index (κ3) is 2.63. The van der Waals surface area contributed by atoms with Crippen molar-refractivity contribution in [1.29, 1.82) is 0 Å². The minimum Gasteiger partial charge on any atom is -0.369 e. The molecule has 0 amide bonds. The van der Waals surface area contributed by atoms with Crippen molar-refractivity contribution in [3.63, 3.8) is 0 Å². The number of hydrogen-bond acceptors (Lipinski definition) is 2. The molecule has 0 fully saturated rings. The van der Waals surface area contributed by atoms with Gasteiger partial charge in [-0.3, -0.25) is 0 Å². The number of aryl methyl sites for hydroxylation is 1. The molecule has 2 rings (SSSR count). The average molecular weight is 249 g/mol. The number of benzene rings is 1. The number of nitrogens with two attached hydrogens (primary N) is 1. The fourth-order valence-corrected chi connectivity index (χ4v) is 2.19. The molecule has 0 atom stereocenters. The highest BCUT2D eigenvalue weighted by molar-refractivity contribution is 5.78. The molecule has 1 aromatic carbocycles. The summed E-state index contributed by atoms with van der Waals surface area (Å²) >= 11 is 0. The number of imidazole rings is 1. The molecule has 0 unspecified atom stereocenters. The molecule has 0 aliphatic heterocycles. The quantitative estimate of drug-likeness (QED) is 0.823. The molecule has 0 bridgehead atoms. The summed E-state index contributed by atoms with van der Waals surface area (Å²) in [6.07, 6.45) is 3.41. The molecule has 2 aromatic rings. The van der Waals surface area contributed by atoms with E-state index in [4.69, 9.17) is 5.73 Å². The molecule has 2 N–H and O–H groups in total. The van der Waals surface area contributed by atoms with Crippen molar-refractivity contribution in [2.75, 3.05) is 5.73 Å². The average Bonchev–Trinajstić information content (AvgIpc) is 2.63. The number of anilines is 1. The highest BCUT2D eigenvalue weighted by atomic mass is 19.1. The largest absolute Gasteiger partial charge is 0.369 e. The van der Waals surface area contributed by atoms with Gasteiger partial charge < -0.3 is 10.3 Å². The lowest BCUT2D eigenvalue weighted by atomic mass is 10.1. The maximum absolute atomic E-state index is 13.5. The van der Waals surface area contributed by atoms with Crippen molar-refractivity contribution in [3.8, 4) is 0 Å². The van der Waals surface area contributed by atoms with Gasteiger partial charge >= 0.3 is 0 Å². The lowest BCUT2D eigenvalue weighted by Crippen LogP contribution is -2.03. The first kappa shape index (κ1) is 12.9. The van der Waals surface area contributed by atoms with Gasteiger partial charge in [0.05, 0.1) is 5.52 Å². The molecular formula is C14H20FN3. The second-order valence-corrected chi connectivity index (χ2v) is 5.12. The van der Waals surface area contributed by atoms with Crippen LogP contribution in [0.25, 0.3) is 11.0 Å². The van der Waals surface area contributed by atoms with E-state index in [2.05, 4.69) is 18.8 Å². The Balaban J connectivity index is 2.13. The predicted octanol–water partition coefficient (Wildman–Crippen LogP) is 3.58. The maximum Gasteiger partial charge on any atom is 0.201 e. The molecular weight excluding hydrogens is 229 g/mol. The zero-order valence-electron chi connectivity index (χ0n) is 11.0. The first-order chi connectivity index (χ1) is 8.59. The van der Waals surface area contributed by atoms with E-state index in [1.807, 2.05) is 10.6 Å². The van der Waals surface area contributed by atoms with Gasteiger partial charge in [-0.25, -0.2) is 9.37 Å². The minimum absolute atomic E-state index is 0.305. The monoisotopic (exact) mass is 249 g/mol. The van der Waals surface area contributed by atoms with Gasteiger partial charge in [0.1, 0.15) is 5.52 Å². The van der Waals surface area contributed by atoms with E-state index in [0.717, 1.165) is 30.8 Å². The van der Waals surface area contributed by atoms with Crippen molar-refractivity contribution in [3.05, 3.63) is 24.0 Å². The SMILES string of the molecule is CC(C)CCCCn1c(N)nc2c(F)cccc21. The smallest absolute Gasteiger partial charge is 0.201 e. The van der Waals surface area contributed by atoms with E-state index in [1.54, 1.807) is 6.07 Å². The predicted molar refractivity (Wildman–Crippen MR) is 72.8 cm³/mol. The topological polar surface area (TPSA) is 43.8 Å². The van der Waals surface area contributed by atoms with Gasteiger partial charge in [-0.05, 0) is 24.5 Å². The number of fused-ring (bicyclic) bond motifs is 1. The van der Waals surface area contributed by atoms with E-state index in [0.29, 0.717) is 11.5 Å². The molecule has 4 heteroatoms. The lowest BCUT2D eigenvalue weighted by Gasteiger charge is -2.07. The third-order valence-corrected chi connectivity index (χ3v) is 3.17. The molecule has 1 heterocycles. The Morgan fingerprint density at radius 1 is 1.33 bits per heavy atom. The van der Waals surface area contributed by atoms with Crippen LogP contribution in [0.2, 0.25) is 0 Å². The van der Waals surface area contributed by atoms with Crippen molar-refractivity contribution in [1.82, 2.24) is 9.55 Å². The summed E-state index contributed by atoms with van der Waals surface area (Å²) in [6.45, 7) is 5.24. The van der Waals surface area contributed by atoms with Crippen LogP contribution in [0.1, 0.15) is 33.1 Å². The second-order valence-electron chi connectivity index (χ2n) is 5.12. The number of hydrogen-bond donors (Lipinski definition) is 1. The van der Waals surface area contributed by atoms with Crippen LogP contribution in [0.15, 0.2) is 18.2 Å². The van der Waals surface area contributed by atoms with Gasteiger partial charge in [-0.2, -0.15) is 0 Å². The minimum atomic E-state index is -0.305. The molecule has 1 aromatic heterocycles. The summed E-state index contributed by atoms with van der Waals surface area (Å²) in [5.74, 6) is 0.819. The Hall–Kier alpha value is -1.58. The molecule has 0 radical (unpaired) electrons. The number of unbranched alkanes of at least 4 members (excludes halogenated alkanes) is 1. The maximum atomic E-state index is 13.5. The molecule has 0 saturated carbocycles. The van der Waals surface area contributed by atoms with Crippen LogP contribution >= 0.6 is 0 Å². The molecule has 18 heavy (non-hydrogen) atoms. The Kier molecular flexibility index (Phi) is 3.84. The number of rotatable bonds is 5. The Labute approximate surface area is 107 Å². The highest BCUT2D eigenvalue weighted by Crippen LogP contribution is 2.21. The van der Waals surface area contributed by atoms with Gasteiger partial charge in [-0.15, -0.1) is 0 Å². The summed E-state index contributed by atoms with van der Waals surface area (Å²) in [5.41, 5.74) is 7.01. The Bertz CT molecular complexity index is 531. The zero-order valence-corrected chi connectivity index (χ0v) is 11.0. The molecule has 0 aliphatic rings. The summed E-state index contributed by atoms with van der Waals surface area (Å²) < 4.78 is 15.4. The van der Waals surface area contributed by atoms with Crippen molar-refractivity contribution < 1.29 is 4.39 Å². The summed E-state index contributed by atoms with van der Waals surface area (Å²) in [7, 11) is 0. The summed E-state index contributed by atoms with van der Waals surface area (Å²) in [4.78, 5) is 4.09. The van der Waals surface area contributed by atoms with Crippen molar-refractivity contribution >= 4 is 17.0 Å². The van der Waals surface area contributed by atoms with E-state index in [9.17, 15) is 4.39 Å². The van der Waals surface area contributed by atoms with Crippen LogP contribution < -0.4 is 5.73 Å². The lowest BCUT2D eigenvalue weighted by molar-refractivity contribution is 0.514. The van der Waals surface area contributed by atoms with Crippen LogP contribution in [-0.2, 0) is 6.54 Å². The number of nitrogens with zero attached hydrogens (tertiary/aromatic N) is 2. The standard InChI is InChI=1S/C14H20FN3/c1-10(2)6-3-4-9-18-12-8-5-7-11(15)13(12)17-14(18)16/h5,7-8,10H,3-4,6,9H2,1-2H3,(H2,16,17). The first-order valence-electron chi connectivity index (χ1n) is 6.50. The van der Waals surface area contributed by atoms with Crippen LogP contribution in [-0.4, -0.2) is 9.55 Å². The fourth-order valence-electron chi connectivity index (χ4n) is 2.19. The van der Waals surface area contributed by atoms with Crippen LogP contribution in [0.3, 0.4) is 0 Å². The Morgan fingerprint density at radius 2 is 2.11 bits per heavy atom. The molecule has 0 aliphatic carbocycles. The summed E-state index contributed by atoms with van der Waals surface area (Å²) in [6, 6.07) is 4.98. The highest BCUT2D eigenvalue weighted by Gasteiger charge is 2.10. The fraction of sp³-hybridized carbons (Fsp3) is 0.500. The summed E-state index contributed by atoms with van der Waals surface area (Å²) in [5, 5.41) is 0. The van der Waals surface area contributed by atoms with Crippen molar-refractivity contribution in [2.24, 2.45) is 5.92 Å². The second kappa shape index (κ2) is 5.38. The number of halogens is 1. The van der Waals surface area contributed by atoms with Gasteiger partial charge in [0.15, 0.2) is 5.82 Å². The van der Waals surface area contributed by atoms with Gasteiger partial charge in [0.2, 0.25) is 5.95 Å². The Morgan fingerprint density at radius 3 is 2.83 bits per heavy atom. The van der Waals surface area contributed by atoms with Crippen LogP contribution in [0.4, 0.5) is 10.3 Å². The van der Waals surface area contributed by atoms with Gasteiger partial charge in [0.25, 0.3) is 0 Å². The number of aromatic nitrogens is 2. The third-order valence-electron chi connectivity index (χ3n) is 3.17. The molecule has 98 valence electrons. The number of para-hydroxylation sites is 1. The number of nitrogen functional groups attached to an aromatic ring is 1.